The Balaban J connectivity index is 3.08. The summed E-state index contributed by atoms with van der Waals surface area (Å²) >= 11 is 1.99. The van der Waals surface area contributed by atoms with E-state index in [1.807, 2.05) is 22.6 Å². The minimum Gasteiger partial charge on any atom is -0.504 e. The molecule has 4 nitrogen and oxygen atoms in total. The third-order valence-electron chi connectivity index (χ3n) is 1.49. The number of rotatable bonds is 2. The topological polar surface area (TPSA) is 55.8 Å². The number of esters is 1. The zero-order chi connectivity index (χ0) is 10.7. The zero-order valence-corrected chi connectivity index (χ0v) is 9.86. The second-order valence-corrected chi connectivity index (χ2v) is 3.71. The fourth-order valence-electron chi connectivity index (χ4n) is 0.921. The second kappa shape index (κ2) is 4.50. The molecule has 0 aliphatic carbocycles. The van der Waals surface area contributed by atoms with E-state index < -0.39 is 5.97 Å². The molecular formula is C9H9IO4. The van der Waals surface area contributed by atoms with Crippen LogP contribution < -0.4 is 9.47 Å². The normalized spacial score (nSPS) is 9.64. The van der Waals surface area contributed by atoms with E-state index in [9.17, 15) is 9.90 Å². The van der Waals surface area contributed by atoms with Gasteiger partial charge in [0.2, 0.25) is 0 Å². The van der Waals surface area contributed by atoms with Crippen LogP contribution in [0.3, 0.4) is 0 Å². The van der Waals surface area contributed by atoms with Crippen molar-refractivity contribution in [3.05, 3.63) is 15.7 Å². The monoisotopic (exact) mass is 308 g/mol. The summed E-state index contributed by atoms with van der Waals surface area (Å²) in [4.78, 5) is 10.7. The highest BCUT2D eigenvalue weighted by atomic mass is 127. The van der Waals surface area contributed by atoms with Crippen LogP contribution in [-0.4, -0.2) is 18.2 Å². The molecule has 0 aliphatic rings. The SMILES string of the molecule is COc1cc(I)c(OC(C)=O)cc1O. The molecule has 14 heavy (non-hydrogen) atoms. The average molecular weight is 308 g/mol. The molecule has 0 aliphatic heterocycles. The lowest BCUT2D eigenvalue weighted by Gasteiger charge is -2.08. The van der Waals surface area contributed by atoms with Crippen LogP contribution in [0.4, 0.5) is 0 Å². The van der Waals surface area contributed by atoms with E-state index in [4.69, 9.17) is 9.47 Å². The summed E-state index contributed by atoms with van der Waals surface area (Å²) in [5, 5.41) is 9.41. The van der Waals surface area contributed by atoms with Crippen molar-refractivity contribution >= 4 is 28.6 Å². The first-order valence-electron chi connectivity index (χ1n) is 3.79. The predicted octanol–water partition coefficient (Wildman–Crippen LogP) is 1.93. The van der Waals surface area contributed by atoms with Crippen molar-refractivity contribution in [2.24, 2.45) is 0 Å². The maximum Gasteiger partial charge on any atom is 0.308 e. The van der Waals surface area contributed by atoms with Crippen LogP contribution >= 0.6 is 22.6 Å². The number of benzene rings is 1. The molecule has 0 spiro atoms. The van der Waals surface area contributed by atoms with Crippen molar-refractivity contribution in [2.75, 3.05) is 7.11 Å². The third kappa shape index (κ3) is 2.50. The van der Waals surface area contributed by atoms with Gasteiger partial charge in [-0.05, 0) is 22.6 Å². The first kappa shape index (κ1) is 11.1. The molecule has 0 radical (unpaired) electrons. The third-order valence-corrected chi connectivity index (χ3v) is 2.33. The first-order valence-corrected chi connectivity index (χ1v) is 4.87. The lowest BCUT2D eigenvalue weighted by atomic mass is 10.3. The molecule has 0 amide bonds. The molecule has 0 fully saturated rings. The van der Waals surface area contributed by atoms with E-state index in [0.717, 1.165) is 0 Å². The molecule has 0 bridgehead atoms. The Labute approximate surface area is 95.0 Å². The number of phenols is 1. The van der Waals surface area contributed by atoms with Gasteiger partial charge in [0.15, 0.2) is 11.5 Å². The molecule has 0 saturated heterocycles. The van der Waals surface area contributed by atoms with Gasteiger partial charge in [-0.2, -0.15) is 0 Å². The van der Waals surface area contributed by atoms with Crippen LogP contribution in [0.1, 0.15) is 6.92 Å². The highest BCUT2D eigenvalue weighted by Crippen LogP contribution is 2.34. The van der Waals surface area contributed by atoms with E-state index in [2.05, 4.69) is 0 Å². The molecule has 1 aromatic rings. The Morgan fingerprint density at radius 1 is 1.43 bits per heavy atom. The number of carbonyl (C=O) groups is 1. The Kier molecular flexibility index (Phi) is 3.56. The van der Waals surface area contributed by atoms with Crippen molar-refractivity contribution in [1.29, 1.82) is 0 Å². The summed E-state index contributed by atoms with van der Waals surface area (Å²) < 4.78 is 10.5. The fourth-order valence-corrected chi connectivity index (χ4v) is 1.47. The molecular weight excluding hydrogens is 299 g/mol. The van der Waals surface area contributed by atoms with Gasteiger partial charge in [-0.1, -0.05) is 0 Å². The van der Waals surface area contributed by atoms with Gasteiger partial charge in [-0.15, -0.1) is 0 Å². The number of halogens is 1. The van der Waals surface area contributed by atoms with Gasteiger partial charge in [-0.25, -0.2) is 0 Å². The molecule has 5 heteroatoms. The van der Waals surface area contributed by atoms with Crippen molar-refractivity contribution < 1.29 is 19.4 Å². The summed E-state index contributed by atoms with van der Waals surface area (Å²) in [7, 11) is 1.45. The number of carbonyl (C=O) groups excluding carboxylic acids is 1. The maximum absolute atomic E-state index is 10.7. The van der Waals surface area contributed by atoms with Gasteiger partial charge >= 0.3 is 5.97 Å². The van der Waals surface area contributed by atoms with Crippen molar-refractivity contribution in [3.63, 3.8) is 0 Å². The minimum absolute atomic E-state index is 0.0517. The molecule has 0 saturated carbocycles. The first-order chi connectivity index (χ1) is 6.54. The van der Waals surface area contributed by atoms with Crippen LogP contribution in [0.25, 0.3) is 0 Å². The number of aromatic hydroxyl groups is 1. The highest BCUT2D eigenvalue weighted by molar-refractivity contribution is 14.1. The highest BCUT2D eigenvalue weighted by Gasteiger charge is 2.10. The zero-order valence-electron chi connectivity index (χ0n) is 7.70. The molecule has 1 aromatic carbocycles. The van der Waals surface area contributed by atoms with Crippen LogP contribution in [0.15, 0.2) is 12.1 Å². The number of hydrogen-bond donors (Lipinski definition) is 1. The largest absolute Gasteiger partial charge is 0.504 e. The quantitative estimate of drug-likeness (QED) is 0.515. The summed E-state index contributed by atoms with van der Waals surface area (Å²) in [6, 6.07) is 2.94. The van der Waals surface area contributed by atoms with Crippen molar-refractivity contribution in [1.82, 2.24) is 0 Å². The second-order valence-electron chi connectivity index (χ2n) is 2.55. The molecule has 0 atom stereocenters. The Morgan fingerprint density at radius 2 is 2.07 bits per heavy atom. The number of methoxy groups -OCH3 is 1. The average Bonchev–Trinajstić information content (AvgIpc) is 2.10. The van der Waals surface area contributed by atoms with Gasteiger partial charge in [0.05, 0.1) is 10.7 Å². The number of hydrogen-bond acceptors (Lipinski definition) is 4. The van der Waals surface area contributed by atoms with E-state index in [-0.39, 0.29) is 5.75 Å². The van der Waals surface area contributed by atoms with Crippen molar-refractivity contribution in [2.45, 2.75) is 6.92 Å². The molecule has 0 heterocycles. The molecule has 1 N–H and O–H groups in total. The van der Waals surface area contributed by atoms with Gasteiger partial charge in [0.25, 0.3) is 0 Å². The van der Waals surface area contributed by atoms with E-state index in [1.165, 1.54) is 20.1 Å². The fraction of sp³-hybridized carbons (Fsp3) is 0.222. The van der Waals surface area contributed by atoms with Crippen LogP contribution in [-0.2, 0) is 4.79 Å². The lowest BCUT2D eigenvalue weighted by molar-refractivity contribution is -0.131. The summed E-state index contributed by atoms with van der Waals surface area (Å²) in [6.45, 7) is 1.30. The van der Waals surface area contributed by atoms with Gasteiger partial charge < -0.3 is 14.6 Å². The molecule has 0 aromatic heterocycles. The van der Waals surface area contributed by atoms with Gasteiger partial charge in [0.1, 0.15) is 5.75 Å². The molecule has 76 valence electrons. The Hall–Kier alpha value is -0.980. The van der Waals surface area contributed by atoms with Gasteiger partial charge in [-0.3, -0.25) is 4.79 Å². The summed E-state index contributed by atoms with van der Waals surface area (Å²) in [6.07, 6.45) is 0. The standard InChI is InChI=1S/C9H9IO4/c1-5(11)14-8-4-7(12)9(13-2)3-6(8)10/h3-4,12H,1-2H3. The van der Waals surface area contributed by atoms with Gasteiger partial charge in [0, 0.05) is 19.1 Å². The molecule has 0 unspecified atom stereocenters. The van der Waals surface area contributed by atoms with Crippen LogP contribution in [0, 0.1) is 3.57 Å². The van der Waals surface area contributed by atoms with E-state index in [1.54, 1.807) is 6.07 Å². The Morgan fingerprint density at radius 3 is 2.57 bits per heavy atom. The minimum atomic E-state index is -0.424. The smallest absolute Gasteiger partial charge is 0.308 e. The predicted molar refractivity (Wildman–Crippen MR) is 58.7 cm³/mol. The van der Waals surface area contributed by atoms with E-state index >= 15 is 0 Å². The van der Waals surface area contributed by atoms with E-state index in [0.29, 0.717) is 15.1 Å². The summed E-state index contributed by atoms with van der Waals surface area (Å²) in [5.74, 6) is 0.207. The lowest BCUT2D eigenvalue weighted by Crippen LogP contribution is -2.02. The van der Waals surface area contributed by atoms with Crippen LogP contribution in [0.5, 0.6) is 17.2 Å². The number of phenolic OH excluding ortho intramolecular Hbond substituents is 1. The number of ether oxygens (including phenoxy) is 2. The maximum atomic E-state index is 10.7. The van der Waals surface area contributed by atoms with Crippen molar-refractivity contribution in [3.8, 4) is 17.2 Å². The summed E-state index contributed by atoms with van der Waals surface area (Å²) in [5.41, 5.74) is 0. The Bertz CT molecular complexity index is 362. The van der Waals surface area contributed by atoms with Crippen LogP contribution in [0.2, 0.25) is 0 Å². The molecule has 1 rings (SSSR count).